The molecule has 332 valence electrons. The van der Waals surface area contributed by atoms with Crippen molar-refractivity contribution in [2.75, 3.05) is 33.8 Å². The second-order valence-corrected chi connectivity index (χ2v) is 16.9. The van der Waals surface area contributed by atoms with Gasteiger partial charge < -0.3 is 41.2 Å². The van der Waals surface area contributed by atoms with E-state index < -0.39 is 66.3 Å². The summed E-state index contributed by atoms with van der Waals surface area (Å²) in [5.74, 6) is -2.97. The van der Waals surface area contributed by atoms with E-state index >= 15 is 0 Å². The molecule has 1 saturated heterocycles. The van der Waals surface area contributed by atoms with Crippen molar-refractivity contribution >= 4 is 46.3 Å². The van der Waals surface area contributed by atoms with Crippen molar-refractivity contribution in [2.24, 2.45) is 11.8 Å². The van der Waals surface area contributed by atoms with Gasteiger partial charge in [0.05, 0.1) is 20.2 Å². The molecular weight excluding hydrogens is 791 g/mol. The summed E-state index contributed by atoms with van der Waals surface area (Å²) in [5.41, 5.74) is 3.26. The minimum absolute atomic E-state index is 0.0364. The third-order valence-electron chi connectivity index (χ3n) is 10.9. The van der Waals surface area contributed by atoms with Gasteiger partial charge in [0, 0.05) is 61.5 Å². The van der Waals surface area contributed by atoms with Gasteiger partial charge in [-0.05, 0) is 79.3 Å². The molecule has 6 amide bonds. The molecule has 0 spiro atoms. The number of hydrogen-bond donors (Lipinski definition) is 6. The molecule has 5 atom stereocenters. The maximum Gasteiger partial charge on any atom is 0.243 e. The van der Waals surface area contributed by atoms with Crippen LogP contribution < -0.4 is 31.3 Å². The highest BCUT2D eigenvalue weighted by molar-refractivity contribution is 5.96. The number of ether oxygens (including phenoxy) is 1. The van der Waals surface area contributed by atoms with Crippen LogP contribution in [0.5, 0.6) is 5.75 Å². The van der Waals surface area contributed by atoms with E-state index in [2.05, 4.69) is 36.6 Å². The van der Waals surface area contributed by atoms with Crippen LogP contribution in [-0.2, 0) is 48.2 Å². The molecule has 6 N–H and O–H groups in total. The van der Waals surface area contributed by atoms with Gasteiger partial charge in [0.1, 0.15) is 29.9 Å². The molecule has 0 saturated carbocycles. The molecule has 5 rings (SSSR count). The number of pyridine rings is 1. The van der Waals surface area contributed by atoms with Gasteiger partial charge in [-0.25, -0.2) is 0 Å². The van der Waals surface area contributed by atoms with Gasteiger partial charge in [-0.15, -0.1) is 0 Å². The Bertz CT molecular complexity index is 2160. The number of benzene rings is 2. The van der Waals surface area contributed by atoms with Gasteiger partial charge in [0.15, 0.2) is 0 Å². The van der Waals surface area contributed by atoms with Crippen LogP contribution in [0, 0.1) is 11.8 Å². The summed E-state index contributed by atoms with van der Waals surface area (Å²) in [6.45, 7) is 9.04. The molecule has 0 radical (unpaired) electrons. The molecule has 3 heterocycles. The Morgan fingerprint density at radius 2 is 1.44 bits per heavy atom. The number of amides is 6. The number of aromatic nitrogens is 2. The van der Waals surface area contributed by atoms with E-state index in [0.717, 1.165) is 22.0 Å². The van der Waals surface area contributed by atoms with Crippen molar-refractivity contribution in [1.29, 1.82) is 0 Å². The third kappa shape index (κ3) is 13.4. The Morgan fingerprint density at radius 1 is 0.790 bits per heavy atom. The van der Waals surface area contributed by atoms with Crippen molar-refractivity contribution < 1.29 is 33.5 Å². The number of carbonyl (C=O) groups excluding carboxylic acids is 6. The van der Waals surface area contributed by atoms with Crippen molar-refractivity contribution in [3.63, 3.8) is 0 Å². The van der Waals surface area contributed by atoms with E-state index in [9.17, 15) is 28.8 Å². The van der Waals surface area contributed by atoms with Gasteiger partial charge in [0.25, 0.3) is 0 Å². The lowest BCUT2D eigenvalue weighted by Crippen LogP contribution is -2.60. The Morgan fingerprint density at radius 3 is 2.11 bits per heavy atom. The molecule has 0 aliphatic carbocycles. The van der Waals surface area contributed by atoms with E-state index in [0.29, 0.717) is 17.9 Å². The first-order valence-corrected chi connectivity index (χ1v) is 21.1. The molecule has 1 aliphatic heterocycles. The lowest BCUT2D eigenvalue weighted by molar-refractivity contribution is -0.139. The molecular formula is C46H61N9O7. The van der Waals surface area contributed by atoms with Crippen LogP contribution in [0.3, 0.4) is 0 Å². The van der Waals surface area contributed by atoms with E-state index in [1.54, 1.807) is 57.0 Å². The summed E-state index contributed by atoms with van der Waals surface area (Å²) in [6, 6.07) is 13.2. The Balaban J connectivity index is 1.51. The number of hydrogen-bond acceptors (Lipinski definition) is 9. The molecule has 1 fully saturated rings. The maximum absolute atomic E-state index is 14.5. The van der Waals surface area contributed by atoms with Gasteiger partial charge in [-0.2, -0.15) is 0 Å². The molecule has 0 unspecified atom stereocenters. The number of methoxy groups -OCH3 is 1. The first kappa shape index (κ1) is 46.8. The summed E-state index contributed by atoms with van der Waals surface area (Å²) < 4.78 is 5.30. The van der Waals surface area contributed by atoms with Crippen molar-refractivity contribution in [3.05, 3.63) is 95.9 Å². The number of aromatic amines is 1. The predicted molar refractivity (Wildman–Crippen MR) is 235 cm³/mol. The summed E-state index contributed by atoms with van der Waals surface area (Å²) in [7, 11) is 3.34. The molecule has 62 heavy (non-hydrogen) atoms. The average Bonchev–Trinajstić information content (AvgIpc) is 3.64. The minimum atomic E-state index is -1.17. The summed E-state index contributed by atoms with van der Waals surface area (Å²) >= 11 is 0. The first-order valence-electron chi connectivity index (χ1n) is 21.1. The standard InChI is InChI=1S/C46H61N9O7/c1-28(2)20-37-45(60)52-38(21-31-12-14-34(62-7)15-13-31)44(59)49-30(5)43(58)53-40(29(3)4)25-55(42(57)27-54(6)24-32-16-18-47-19-17-32)26-41(56)50-39(46(61)51-37)22-33-23-48-36-11-9-8-10-35(33)36/h8-19,23,28-30,37-40,48H,20-22,24-27H2,1-7H3,(H,49,59)(H,50,56)(H,51,61)(H,52,60)(H,53,58)/t30-,37+,38+,39-,40-/m1/s1. The van der Waals surface area contributed by atoms with Crippen LogP contribution in [0.25, 0.3) is 10.9 Å². The van der Waals surface area contributed by atoms with E-state index in [4.69, 9.17) is 4.74 Å². The second kappa shape index (κ2) is 22.0. The van der Waals surface area contributed by atoms with Gasteiger partial charge in [-0.3, -0.25) is 38.7 Å². The van der Waals surface area contributed by atoms with Crippen molar-refractivity contribution in [3.8, 4) is 5.75 Å². The zero-order chi connectivity index (χ0) is 44.9. The van der Waals surface area contributed by atoms with E-state index in [1.165, 1.54) is 11.8 Å². The van der Waals surface area contributed by atoms with Gasteiger partial charge in [-0.1, -0.05) is 58.0 Å². The summed E-state index contributed by atoms with van der Waals surface area (Å²) in [6.07, 6.45) is 5.47. The summed E-state index contributed by atoms with van der Waals surface area (Å²) in [4.78, 5) is 95.4. The molecule has 0 bridgehead atoms. The highest BCUT2D eigenvalue weighted by Gasteiger charge is 2.34. The number of rotatable bonds is 12. The SMILES string of the molecule is COc1ccc(C[C@@H]2NC(=O)[C@H](CC(C)C)NC(=O)[C@@H](Cc3c[nH]c4ccccc34)NC(=O)CN(C(=O)CN(C)Cc3ccncc3)C[C@H](C(C)C)NC(=O)[C@@H](C)NC2=O)cc1. The quantitative estimate of drug-likeness (QED) is 0.124. The van der Waals surface area contributed by atoms with E-state index in [-0.39, 0.29) is 50.1 Å². The molecule has 16 nitrogen and oxygen atoms in total. The molecule has 4 aromatic rings. The number of H-pyrrole nitrogens is 1. The number of carbonyl (C=O) groups is 6. The average molecular weight is 852 g/mol. The Kier molecular flexibility index (Phi) is 16.6. The first-order chi connectivity index (χ1) is 29.6. The number of nitrogens with zero attached hydrogens (tertiary/aromatic N) is 3. The summed E-state index contributed by atoms with van der Waals surface area (Å²) in [5, 5.41) is 15.3. The fourth-order valence-corrected chi connectivity index (χ4v) is 7.39. The zero-order valence-corrected chi connectivity index (χ0v) is 36.7. The Hall–Kier alpha value is -6.29. The van der Waals surface area contributed by atoms with Crippen LogP contribution in [0.1, 0.15) is 57.7 Å². The zero-order valence-electron chi connectivity index (χ0n) is 36.7. The number of nitrogens with one attached hydrogen (secondary N) is 6. The molecule has 16 heteroatoms. The monoisotopic (exact) mass is 851 g/mol. The smallest absolute Gasteiger partial charge is 0.243 e. The largest absolute Gasteiger partial charge is 0.497 e. The van der Waals surface area contributed by atoms with Crippen LogP contribution in [0.15, 0.2) is 79.3 Å². The molecule has 1 aliphatic rings. The van der Waals surface area contributed by atoms with Crippen molar-refractivity contribution in [2.45, 2.75) is 90.6 Å². The van der Waals surface area contributed by atoms with Crippen LogP contribution in [-0.4, -0.2) is 119 Å². The van der Waals surface area contributed by atoms with E-state index in [1.807, 2.05) is 69.0 Å². The topological polar surface area (TPSA) is 207 Å². The fourth-order valence-electron chi connectivity index (χ4n) is 7.39. The number of likely N-dealkylation sites (N-methyl/N-ethyl adjacent to an activating group) is 1. The highest BCUT2D eigenvalue weighted by atomic mass is 16.5. The molecule has 2 aromatic carbocycles. The van der Waals surface area contributed by atoms with Gasteiger partial charge in [0.2, 0.25) is 35.4 Å². The maximum atomic E-state index is 14.5. The number of para-hydroxylation sites is 1. The van der Waals surface area contributed by atoms with Crippen LogP contribution in [0.2, 0.25) is 0 Å². The minimum Gasteiger partial charge on any atom is -0.497 e. The fraction of sp³-hybridized carbons (Fsp3) is 0.457. The van der Waals surface area contributed by atoms with Gasteiger partial charge >= 0.3 is 0 Å². The Labute approximate surface area is 363 Å². The lowest BCUT2D eigenvalue weighted by atomic mass is 9.99. The predicted octanol–water partition coefficient (Wildman–Crippen LogP) is 2.48. The molecule has 2 aromatic heterocycles. The van der Waals surface area contributed by atoms with Crippen molar-refractivity contribution in [1.82, 2.24) is 46.4 Å². The third-order valence-corrected chi connectivity index (χ3v) is 10.9. The normalized spacial score (nSPS) is 21.2. The van der Waals surface area contributed by atoms with Crippen LogP contribution >= 0.6 is 0 Å². The van der Waals surface area contributed by atoms with Crippen LogP contribution in [0.4, 0.5) is 0 Å². The lowest BCUT2D eigenvalue weighted by Gasteiger charge is -2.33. The second-order valence-electron chi connectivity index (χ2n) is 16.9. The number of fused-ring (bicyclic) bond motifs is 1. The highest BCUT2D eigenvalue weighted by Crippen LogP contribution is 2.20.